The molecule has 4 rings (SSSR count). The van der Waals surface area contributed by atoms with Crippen LogP contribution < -0.4 is 0 Å². The Kier molecular flexibility index (Phi) is 4.82. The van der Waals surface area contributed by atoms with E-state index in [0.717, 1.165) is 16.7 Å². The molecule has 0 bridgehead atoms. The maximum atomic E-state index is 13.8. The van der Waals surface area contributed by atoms with Gasteiger partial charge in [0.2, 0.25) is 5.91 Å². The quantitative estimate of drug-likeness (QED) is 0.655. The maximum absolute atomic E-state index is 13.8. The molecule has 1 heterocycles. The molecule has 3 aromatic rings. The van der Waals surface area contributed by atoms with Gasteiger partial charge in [-0.05, 0) is 16.7 Å². The molecule has 3 aromatic carbocycles. The van der Waals surface area contributed by atoms with Crippen molar-refractivity contribution in [3.05, 3.63) is 108 Å². The third-order valence-electron chi connectivity index (χ3n) is 4.96. The van der Waals surface area contributed by atoms with E-state index in [2.05, 4.69) is 0 Å². The van der Waals surface area contributed by atoms with E-state index in [-0.39, 0.29) is 17.7 Å². The third-order valence-corrected chi connectivity index (χ3v) is 6.00. The molecule has 1 saturated heterocycles. The van der Waals surface area contributed by atoms with Gasteiger partial charge in [0.15, 0.2) is 0 Å². The van der Waals surface area contributed by atoms with Gasteiger partial charge >= 0.3 is 0 Å². The van der Waals surface area contributed by atoms with Gasteiger partial charge in [-0.3, -0.25) is 14.5 Å². The molecule has 1 aliphatic heterocycles. The second-order valence-electron chi connectivity index (χ2n) is 6.57. The standard InChI is InChI=1S/C23H19NO2S/c25-21-23(19-12-6-2-7-13-19,20-14-8-3-9-15-20)17-27-22(26)24(21)16-18-10-4-1-5-11-18/h1-15H,16-17H2. The molecule has 0 radical (unpaired) electrons. The lowest BCUT2D eigenvalue weighted by Crippen LogP contribution is -2.54. The molecule has 0 atom stereocenters. The van der Waals surface area contributed by atoms with Crippen LogP contribution >= 0.6 is 11.8 Å². The summed E-state index contributed by atoms with van der Waals surface area (Å²) in [6, 6.07) is 29.2. The van der Waals surface area contributed by atoms with E-state index in [4.69, 9.17) is 0 Å². The van der Waals surface area contributed by atoms with Gasteiger partial charge in [-0.25, -0.2) is 0 Å². The summed E-state index contributed by atoms with van der Waals surface area (Å²) in [5, 5.41) is -0.189. The maximum Gasteiger partial charge on any atom is 0.288 e. The fourth-order valence-corrected chi connectivity index (χ4v) is 4.65. The van der Waals surface area contributed by atoms with Gasteiger partial charge in [0, 0.05) is 5.75 Å². The highest BCUT2D eigenvalue weighted by molar-refractivity contribution is 8.13. The van der Waals surface area contributed by atoms with E-state index in [0.29, 0.717) is 5.75 Å². The Balaban J connectivity index is 1.81. The van der Waals surface area contributed by atoms with Crippen LogP contribution in [0.25, 0.3) is 0 Å². The first-order valence-corrected chi connectivity index (χ1v) is 9.84. The van der Waals surface area contributed by atoms with Crippen LogP contribution in [0.2, 0.25) is 0 Å². The number of hydrogen-bond donors (Lipinski definition) is 0. The van der Waals surface area contributed by atoms with Crippen molar-refractivity contribution in [1.29, 1.82) is 0 Å². The minimum absolute atomic E-state index is 0.160. The molecule has 0 aromatic heterocycles. The zero-order valence-electron chi connectivity index (χ0n) is 14.7. The lowest BCUT2D eigenvalue weighted by atomic mass is 9.74. The fraction of sp³-hybridized carbons (Fsp3) is 0.130. The summed E-state index contributed by atoms with van der Waals surface area (Å²) >= 11 is 1.21. The zero-order valence-corrected chi connectivity index (χ0v) is 15.6. The van der Waals surface area contributed by atoms with Crippen LogP contribution in [-0.4, -0.2) is 21.8 Å². The van der Waals surface area contributed by atoms with Gasteiger partial charge in [0.05, 0.1) is 6.54 Å². The highest BCUT2D eigenvalue weighted by atomic mass is 32.2. The molecule has 0 spiro atoms. The second kappa shape index (κ2) is 7.41. The average molecular weight is 373 g/mol. The molecule has 0 saturated carbocycles. The van der Waals surface area contributed by atoms with Crippen molar-refractivity contribution in [3.63, 3.8) is 0 Å². The molecule has 3 nitrogen and oxygen atoms in total. The Morgan fingerprint density at radius 3 is 1.74 bits per heavy atom. The number of hydrogen-bond acceptors (Lipinski definition) is 3. The molecule has 134 valence electrons. The van der Waals surface area contributed by atoms with Gasteiger partial charge in [0.1, 0.15) is 5.41 Å². The van der Waals surface area contributed by atoms with Gasteiger partial charge in [-0.2, -0.15) is 0 Å². The largest absolute Gasteiger partial charge is 0.288 e. The van der Waals surface area contributed by atoms with Crippen molar-refractivity contribution in [2.45, 2.75) is 12.0 Å². The Morgan fingerprint density at radius 1 is 0.741 bits per heavy atom. The third kappa shape index (κ3) is 3.17. The molecular weight excluding hydrogens is 354 g/mol. The lowest BCUT2D eigenvalue weighted by molar-refractivity contribution is -0.132. The SMILES string of the molecule is O=C1SCC(c2ccccc2)(c2ccccc2)C(=O)N1Cc1ccccc1. The molecule has 1 fully saturated rings. The van der Waals surface area contributed by atoms with Crippen LogP contribution in [0.3, 0.4) is 0 Å². The minimum Gasteiger partial charge on any atom is -0.273 e. The lowest BCUT2D eigenvalue weighted by Gasteiger charge is -2.40. The zero-order chi connectivity index (χ0) is 18.7. The van der Waals surface area contributed by atoms with Crippen LogP contribution in [0.15, 0.2) is 91.0 Å². The number of carbonyl (C=O) groups excluding carboxylic acids is 2. The summed E-state index contributed by atoms with van der Waals surface area (Å²) in [7, 11) is 0. The van der Waals surface area contributed by atoms with Crippen LogP contribution in [0.4, 0.5) is 4.79 Å². The molecule has 0 aliphatic carbocycles. The Hall–Kier alpha value is -2.85. The van der Waals surface area contributed by atoms with E-state index >= 15 is 0 Å². The Morgan fingerprint density at radius 2 is 1.22 bits per heavy atom. The second-order valence-corrected chi connectivity index (χ2v) is 7.50. The normalized spacial score (nSPS) is 16.4. The summed E-state index contributed by atoms with van der Waals surface area (Å²) in [5.41, 5.74) is 1.91. The van der Waals surface area contributed by atoms with Crippen molar-refractivity contribution in [2.24, 2.45) is 0 Å². The summed E-state index contributed by atoms with van der Waals surface area (Å²) in [6.07, 6.45) is 0. The van der Waals surface area contributed by atoms with E-state index in [1.807, 2.05) is 91.0 Å². The molecule has 1 aliphatic rings. The predicted molar refractivity (Wildman–Crippen MR) is 109 cm³/mol. The highest BCUT2D eigenvalue weighted by Gasteiger charge is 2.50. The monoisotopic (exact) mass is 373 g/mol. The number of carbonyl (C=O) groups is 2. The Bertz CT molecular complexity index is 902. The van der Waals surface area contributed by atoms with E-state index in [1.54, 1.807) is 0 Å². The van der Waals surface area contributed by atoms with Gasteiger partial charge in [0.25, 0.3) is 5.24 Å². The minimum atomic E-state index is -0.865. The van der Waals surface area contributed by atoms with Gasteiger partial charge < -0.3 is 0 Å². The smallest absolute Gasteiger partial charge is 0.273 e. The highest BCUT2D eigenvalue weighted by Crippen LogP contribution is 2.42. The van der Waals surface area contributed by atoms with Crippen molar-refractivity contribution in [1.82, 2.24) is 4.90 Å². The molecule has 2 amide bonds. The van der Waals surface area contributed by atoms with Crippen LogP contribution in [0, 0.1) is 0 Å². The predicted octanol–water partition coefficient (Wildman–Crippen LogP) is 4.87. The van der Waals surface area contributed by atoms with Crippen molar-refractivity contribution in [2.75, 3.05) is 5.75 Å². The number of rotatable bonds is 4. The summed E-state index contributed by atoms with van der Waals surface area (Å²) < 4.78 is 0. The first kappa shape index (κ1) is 17.6. The topological polar surface area (TPSA) is 37.4 Å². The van der Waals surface area contributed by atoms with Crippen molar-refractivity contribution in [3.8, 4) is 0 Å². The van der Waals surface area contributed by atoms with Crippen LogP contribution in [-0.2, 0) is 16.8 Å². The molecule has 0 N–H and O–H groups in total. The molecule has 0 unspecified atom stereocenters. The number of imide groups is 1. The molecular formula is C23H19NO2S. The number of nitrogens with zero attached hydrogens (tertiary/aromatic N) is 1. The van der Waals surface area contributed by atoms with Gasteiger partial charge in [-0.15, -0.1) is 0 Å². The van der Waals surface area contributed by atoms with Crippen LogP contribution in [0.5, 0.6) is 0 Å². The number of amides is 2. The Labute approximate surface area is 163 Å². The number of thioether (sulfide) groups is 1. The average Bonchev–Trinajstić information content (AvgIpc) is 2.74. The first-order valence-electron chi connectivity index (χ1n) is 8.85. The van der Waals surface area contributed by atoms with E-state index in [1.165, 1.54) is 16.7 Å². The van der Waals surface area contributed by atoms with Crippen molar-refractivity contribution >= 4 is 22.9 Å². The van der Waals surface area contributed by atoms with Crippen LogP contribution in [0.1, 0.15) is 16.7 Å². The van der Waals surface area contributed by atoms with Gasteiger partial charge in [-0.1, -0.05) is 103 Å². The molecule has 27 heavy (non-hydrogen) atoms. The van der Waals surface area contributed by atoms with E-state index in [9.17, 15) is 9.59 Å². The van der Waals surface area contributed by atoms with E-state index < -0.39 is 5.41 Å². The number of benzene rings is 3. The summed E-state index contributed by atoms with van der Waals surface area (Å²) in [6.45, 7) is 0.285. The fourth-order valence-electron chi connectivity index (χ4n) is 3.55. The summed E-state index contributed by atoms with van der Waals surface area (Å²) in [4.78, 5) is 27.8. The molecule has 4 heteroatoms. The van der Waals surface area contributed by atoms with Crippen molar-refractivity contribution < 1.29 is 9.59 Å². The summed E-state index contributed by atoms with van der Waals surface area (Å²) in [5.74, 6) is 0.247. The first-order chi connectivity index (χ1) is 13.2.